The Hall–Kier alpha value is -0.903. The fraction of sp³-hybridized carbons (Fsp3) is 0.714. The lowest BCUT2D eigenvalue weighted by Gasteiger charge is -2.43. The van der Waals surface area contributed by atoms with Crippen LogP contribution < -0.4 is 0 Å². The molecule has 1 saturated carbocycles. The number of hydrogen-bond donors (Lipinski definition) is 0. The summed E-state index contributed by atoms with van der Waals surface area (Å²) in [4.78, 5) is 0. The van der Waals surface area contributed by atoms with E-state index in [0.717, 1.165) is 11.8 Å². The van der Waals surface area contributed by atoms with Gasteiger partial charge in [-0.1, -0.05) is 51.0 Å². The first-order valence-corrected chi connectivity index (χ1v) is 15.9. The van der Waals surface area contributed by atoms with Crippen LogP contribution in [0.1, 0.15) is 66.2 Å². The topological polar surface area (TPSA) is 18.5 Å². The summed E-state index contributed by atoms with van der Waals surface area (Å²) in [6.07, 6.45) is 16.7. The van der Waals surface area contributed by atoms with Crippen molar-refractivity contribution in [2.24, 2.45) is 23.2 Å². The first-order chi connectivity index (χ1) is 14.5. The molecule has 174 valence electrons. The lowest BCUT2D eigenvalue weighted by Crippen LogP contribution is -2.38. The molecule has 0 radical (unpaired) electrons. The van der Waals surface area contributed by atoms with Crippen LogP contribution in [0.15, 0.2) is 47.6 Å². The molecule has 0 aromatic heterocycles. The Morgan fingerprint density at radius 2 is 2.00 bits per heavy atom. The molecular formula is C28H46O2Si. The minimum absolute atomic E-state index is 0.0131. The molecule has 3 heteroatoms. The smallest absolute Gasteiger partial charge is 0.184 e. The molecule has 3 rings (SSSR count). The van der Waals surface area contributed by atoms with Gasteiger partial charge in [-0.2, -0.15) is 0 Å². The molecule has 0 aromatic carbocycles. The van der Waals surface area contributed by atoms with Gasteiger partial charge in [-0.25, -0.2) is 0 Å². The van der Waals surface area contributed by atoms with Gasteiger partial charge in [0.05, 0.1) is 18.8 Å². The van der Waals surface area contributed by atoms with Crippen LogP contribution in [0, 0.1) is 23.2 Å². The van der Waals surface area contributed by atoms with Crippen molar-refractivity contribution < 1.29 is 9.16 Å². The van der Waals surface area contributed by atoms with Crippen LogP contribution in [-0.4, -0.2) is 27.1 Å². The Kier molecular flexibility index (Phi) is 7.60. The normalized spacial score (nSPS) is 29.1. The summed E-state index contributed by atoms with van der Waals surface area (Å²) < 4.78 is 12.2. The second kappa shape index (κ2) is 9.53. The van der Waals surface area contributed by atoms with E-state index in [9.17, 15) is 0 Å². The second-order valence-corrected chi connectivity index (χ2v) is 16.5. The molecule has 0 spiro atoms. The Morgan fingerprint density at radius 1 is 1.26 bits per heavy atom. The minimum Gasteiger partial charge on any atom is -0.413 e. The van der Waals surface area contributed by atoms with Crippen LogP contribution in [0.2, 0.25) is 19.6 Å². The quantitative estimate of drug-likeness (QED) is 0.184. The van der Waals surface area contributed by atoms with Gasteiger partial charge in [0.15, 0.2) is 8.32 Å². The van der Waals surface area contributed by atoms with E-state index in [-0.39, 0.29) is 5.60 Å². The van der Waals surface area contributed by atoms with E-state index < -0.39 is 8.32 Å². The molecule has 0 aliphatic heterocycles. The zero-order valence-corrected chi connectivity index (χ0v) is 22.2. The third kappa shape index (κ3) is 5.72. The van der Waals surface area contributed by atoms with Gasteiger partial charge in [0.1, 0.15) is 0 Å². The first-order valence-electron chi connectivity index (χ1n) is 12.5. The van der Waals surface area contributed by atoms with Gasteiger partial charge in [0.2, 0.25) is 0 Å². The highest BCUT2D eigenvalue weighted by Gasteiger charge is 2.51. The lowest BCUT2D eigenvalue weighted by molar-refractivity contribution is 0.0798. The number of rotatable bonds is 11. The van der Waals surface area contributed by atoms with Crippen LogP contribution in [0.5, 0.6) is 0 Å². The molecule has 0 saturated heterocycles. The maximum Gasteiger partial charge on any atom is 0.184 e. The first kappa shape index (κ1) is 24.7. The molecule has 0 aromatic rings. The number of hydrogen-bond acceptors (Lipinski definition) is 2. The predicted molar refractivity (Wildman–Crippen MR) is 136 cm³/mol. The van der Waals surface area contributed by atoms with E-state index in [1.807, 2.05) is 6.08 Å². The second-order valence-electron chi connectivity index (χ2n) is 12.0. The van der Waals surface area contributed by atoms with Crippen molar-refractivity contribution in [3.8, 4) is 0 Å². The zero-order valence-electron chi connectivity index (χ0n) is 21.2. The maximum absolute atomic E-state index is 6.43. The van der Waals surface area contributed by atoms with Crippen molar-refractivity contribution >= 4 is 8.32 Å². The third-order valence-electron chi connectivity index (χ3n) is 7.85. The molecule has 1 fully saturated rings. The molecule has 3 aliphatic rings. The van der Waals surface area contributed by atoms with Crippen molar-refractivity contribution in [3.05, 3.63) is 47.6 Å². The Balaban J connectivity index is 1.58. The summed E-state index contributed by atoms with van der Waals surface area (Å²) >= 11 is 0. The van der Waals surface area contributed by atoms with Crippen LogP contribution in [0.4, 0.5) is 0 Å². The Morgan fingerprint density at radius 3 is 2.68 bits per heavy atom. The highest BCUT2D eigenvalue weighted by atomic mass is 28.4. The number of fused-ring (bicyclic) bond motifs is 3. The minimum atomic E-state index is -1.49. The molecule has 0 unspecified atom stereocenters. The molecule has 0 bridgehead atoms. The molecule has 0 amide bonds. The average molecular weight is 443 g/mol. The summed E-state index contributed by atoms with van der Waals surface area (Å²) in [5.74, 6) is 2.30. The van der Waals surface area contributed by atoms with Crippen molar-refractivity contribution in [2.75, 3.05) is 13.2 Å². The highest BCUT2D eigenvalue weighted by Crippen LogP contribution is 2.61. The molecule has 2 nitrogen and oxygen atoms in total. The molecular weight excluding hydrogens is 396 g/mol. The largest absolute Gasteiger partial charge is 0.413 e. The number of ether oxygens (including phenoxy) is 1. The van der Waals surface area contributed by atoms with Crippen LogP contribution >= 0.6 is 0 Å². The summed E-state index contributed by atoms with van der Waals surface area (Å²) in [5, 5.41) is 0. The summed E-state index contributed by atoms with van der Waals surface area (Å²) in [5.41, 5.74) is 4.85. The Bertz CT molecular complexity index is 751. The van der Waals surface area contributed by atoms with Gasteiger partial charge in [-0.05, 0) is 99.1 Å². The van der Waals surface area contributed by atoms with Crippen molar-refractivity contribution in [2.45, 2.75) is 91.5 Å². The fourth-order valence-electron chi connectivity index (χ4n) is 6.74. The molecule has 3 aliphatic carbocycles. The molecule has 0 heterocycles. The maximum atomic E-state index is 6.43. The molecule has 31 heavy (non-hydrogen) atoms. The van der Waals surface area contributed by atoms with Gasteiger partial charge in [0.25, 0.3) is 0 Å². The average Bonchev–Trinajstić information content (AvgIpc) is 3.20. The van der Waals surface area contributed by atoms with Crippen LogP contribution in [-0.2, 0) is 9.16 Å². The summed E-state index contributed by atoms with van der Waals surface area (Å²) in [7, 11) is -1.49. The van der Waals surface area contributed by atoms with Gasteiger partial charge in [-0.3, -0.25) is 0 Å². The van der Waals surface area contributed by atoms with Crippen molar-refractivity contribution in [1.82, 2.24) is 0 Å². The van der Waals surface area contributed by atoms with E-state index in [1.165, 1.54) is 49.7 Å². The van der Waals surface area contributed by atoms with Gasteiger partial charge in [-0.15, -0.1) is 6.58 Å². The Labute approximate surface area is 193 Å². The third-order valence-corrected chi connectivity index (χ3v) is 9.02. The van der Waals surface area contributed by atoms with E-state index >= 15 is 0 Å². The van der Waals surface area contributed by atoms with E-state index in [1.54, 1.807) is 5.57 Å². The van der Waals surface area contributed by atoms with Gasteiger partial charge < -0.3 is 9.16 Å². The van der Waals surface area contributed by atoms with Crippen LogP contribution in [0.3, 0.4) is 0 Å². The van der Waals surface area contributed by atoms with E-state index in [0.29, 0.717) is 24.5 Å². The molecule has 0 N–H and O–H groups in total. The zero-order chi connectivity index (χ0) is 22.9. The van der Waals surface area contributed by atoms with Crippen molar-refractivity contribution in [3.63, 3.8) is 0 Å². The van der Waals surface area contributed by atoms with Crippen LogP contribution in [0.25, 0.3) is 0 Å². The van der Waals surface area contributed by atoms with Gasteiger partial charge in [0, 0.05) is 0 Å². The van der Waals surface area contributed by atoms with E-state index in [2.05, 4.69) is 72.1 Å². The van der Waals surface area contributed by atoms with E-state index in [4.69, 9.17) is 9.16 Å². The number of allylic oxidation sites excluding steroid dienone is 4. The SMILES string of the molecule is C=CCOCC1=CC=C2C1=CC[C@]1(C)[C@@H]([C@H](C)CCCC(C)(C)O[Si](C)(C)C)CC[C@@H]21. The standard InChI is InChI=1S/C28H46O2Si/c1-9-19-29-20-22-12-13-24-23(22)16-18-28(5)25(14-15-26(24)28)21(2)11-10-17-27(3,4)30-31(6,7)8/h9,12-13,16,21,25-26H,1,10-11,14-15,17-20H2,2-8H3/t21-,25-,26+,28-/m1/s1. The molecule has 4 atom stereocenters. The highest BCUT2D eigenvalue weighted by molar-refractivity contribution is 6.69. The predicted octanol–water partition coefficient (Wildman–Crippen LogP) is 7.85. The summed E-state index contributed by atoms with van der Waals surface area (Å²) in [6, 6.07) is 0. The van der Waals surface area contributed by atoms with Gasteiger partial charge >= 0.3 is 0 Å². The van der Waals surface area contributed by atoms with Crippen molar-refractivity contribution in [1.29, 1.82) is 0 Å². The lowest BCUT2D eigenvalue weighted by atomic mass is 9.61. The fourth-order valence-corrected chi connectivity index (χ4v) is 8.50. The summed E-state index contributed by atoms with van der Waals surface area (Å²) in [6.45, 7) is 21.6. The monoisotopic (exact) mass is 442 g/mol.